The fraction of sp³-hybridized carbons (Fsp3) is 0.238. The highest BCUT2D eigenvalue weighted by Crippen LogP contribution is 2.23. The van der Waals surface area contributed by atoms with Crippen molar-refractivity contribution < 1.29 is 4.79 Å². The van der Waals surface area contributed by atoms with Crippen molar-refractivity contribution in [2.45, 2.75) is 6.42 Å². The van der Waals surface area contributed by atoms with Gasteiger partial charge in [-0.05, 0) is 29.8 Å². The van der Waals surface area contributed by atoms with Gasteiger partial charge in [0.25, 0.3) is 0 Å². The van der Waals surface area contributed by atoms with Gasteiger partial charge in [0.1, 0.15) is 0 Å². The van der Waals surface area contributed by atoms with Gasteiger partial charge in [-0.2, -0.15) is 0 Å². The number of ketones is 1. The van der Waals surface area contributed by atoms with Gasteiger partial charge >= 0.3 is 0 Å². The minimum Gasteiger partial charge on any atom is -0.346 e. The van der Waals surface area contributed by atoms with Crippen LogP contribution in [0.15, 0.2) is 53.9 Å². The molecule has 0 atom stereocenters. The summed E-state index contributed by atoms with van der Waals surface area (Å²) in [4.78, 5) is 19.7. The van der Waals surface area contributed by atoms with E-state index in [0.29, 0.717) is 16.1 Å². The number of hydrogen-bond acceptors (Lipinski definition) is 5. The maximum Gasteiger partial charge on any atom is 0.193 e. The number of nitrogens with one attached hydrogen (secondary N) is 1. The molecule has 1 aliphatic heterocycles. The number of piperazine rings is 1. The quantitative estimate of drug-likeness (QED) is 0.660. The maximum atomic E-state index is 12.5. The number of thiazole rings is 1. The van der Waals surface area contributed by atoms with Crippen LogP contribution in [-0.4, -0.2) is 36.9 Å². The molecule has 4 nitrogen and oxygen atoms in total. The van der Waals surface area contributed by atoms with Crippen molar-refractivity contribution in [2.24, 2.45) is 0 Å². The Morgan fingerprint density at radius 3 is 2.33 bits per heavy atom. The number of aromatic nitrogens is 1. The second kappa shape index (κ2) is 8.21. The van der Waals surface area contributed by atoms with E-state index >= 15 is 0 Å². The first-order valence-corrected chi connectivity index (χ1v) is 10.2. The smallest absolute Gasteiger partial charge is 0.193 e. The van der Waals surface area contributed by atoms with E-state index in [0.717, 1.165) is 49.0 Å². The molecular formula is C21H20ClN3OS. The Bertz CT molecular complexity index is 915. The molecule has 1 saturated heterocycles. The number of hydrogen-bond donors (Lipinski definition) is 1. The van der Waals surface area contributed by atoms with Gasteiger partial charge in [-0.15, -0.1) is 11.3 Å². The number of benzene rings is 2. The molecule has 138 valence electrons. The summed E-state index contributed by atoms with van der Waals surface area (Å²) in [5.74, 6) is 0.00729. The van der Waals surface area contributed by atoms with Crippen LogP contribution in [-0.2, 0) is 6.42 Å². The van der Waals surface area contributed by atoms with E-state index in [2.05, 4.69) is 15.6 Å². The largest absolute Gasteiger partial charge is 0.346 e. The van der Waals surface area contributed by atoms with Crippen molar-refractivity contribution in [3.8, 4) is 0 Å². The lowest BCUT2D eigenvalue weighted by atomic mass is 10.0. The molecule has 1 aliphatic rings. The summed E-state index contributed by atoms with van der Waals surface area (Å²) in [5, 5.41) is 7.22. The molecule has 27 heavy (non-hydrogen) atoms. The minimum atomic E-state index is 0.00729. The fourth-order valence-corrected chi connectivity index (χ4v) is 4.13. The average Bonchev–Trinajstić information content (AvgIpc) is 3.18. The van der Waals surface area contributed by atoms with E-state index in [1.807, 2.05) is 24.3 Å². The molecule has 4 rings (SSSR count). The van der Waals surface area contributed by atoms with E-state index < -0.39 is 0 Å². The molecule has 3 aromatic rings. The second-order valence-electron chi connectivity index (χ2n) is 6.57. The molecule has 2 heterocycles. The Kier molecular flexibility index (Phi) is 5.53. The summed E-state index contributed by atoms with van der Waals surface area (Å²) in [5.41, 5.74) is 3.55. The van der Waals surface area contributed by atoms with Crippen molar-refractivity contribution >= 4 is 33.9 Å². The molecule has 1 fully saturated rings. The fourth-order valence-electron chi connectivity index (χ4n) is 3.13. The Morgan fingerprint density at radius 1 is 1.04 bits per heavy atom. The third-order valence-corrected chi connectivity index (χ3v) is 5.84. The molecule has 1 N–H and O–H groups in total. The highest BCUT2D eigenvalue weighted by Gasteiger charge is 2.14. The highest BCUT2D eigenvalue weighted by molar-refractivity contribution is 7.13. The second-order valence-corrected chi connectivity index (χ2v) is 7.84. The van der Waals surface area contributed by atoms with Crippen LogP contribution in [0.1, 0.15) is 27.2 Å². The lowest BCUT2D eigenvalue weighted by Crippen LogP contribution is -2.43. The Hall–Kier alpha value is -2.21. The monoisotopic (exact) mass is 397 g/mol. The molecule has 0 amide bonds. The lowest BCUT2D eigenvalue weighted by molar-refractivity contribution is 0.103. The zero-order chi connectivity index (χ0) is 18.6. The number of rotatable bonds is 5. The first-order chi connectivity index (χ1) is 13.2. The van der Waals surface area contributed by atoms with Gasteiger partial charge in [0.05, 0.1) is 5.69 Å². The summed E-state index contributed by atoms with van der Waals surface area (Å²) in [6.07, 6.45) is 0.776. The molecule has 0 bridgehead atoms. The predicted molar refractivity (Wildman–Crippen MR) is 111 cm³/mol. The molecule has 2 aromatic carbocycles. The summed E-state index contributed by atoms with van der Waals surface area (Å²) in [7, 11) is 0. The van der Waals surface area contributed by atoms with E-state index in [1.165, 1.54) is 0 Å². The summed E-state index contributed by atoms with van der Waals surface area (Å²) in [6.45, 7) is 4.04. The van der Waals surface area contributed by atoms with Gasteiger partial charge in [0.15, 0.2) is 10.9 Å². The lowest BCUT2D eigenvalue weighted by Gasteiger charge is -2.26. The number of carbonyl (C=O) groups is 1. The summed E-state index contributed by atoms with van der Waals surface area (Å²) >= 11 is 7.59. The summed E-state index contributed by atoms with van der Waals surface area (Å²) in [6, 6.07) is 14.8. The first kappa shape index (κ1) is 18.2. The van der Waals surface area contributed by atoms with Crippen LogP contribution in [0.4, 0.5) is 5.13 Å². The molecule has 6 heteroatoms. The van der Waals surface area contributed by atoms with Gasteiger partial charge < -0.3 is 10.2 Å². The van der Waals surface area contributed by atoms with Gasteiger partial charge in [0.2, 0.25) is 0 Å². The maximum absolute atomic E-state index is 12.5. The van der Waals surface area contributed by atoms with E-state index in [1.54, 1.807) is 35.6 Å². The third-order valence-electron chi connectivity index (χ3n) is 4.63. The topological polar surface area (TPSA) is 45.2 Å². The van der Waals surface area contributed by atoms with Gasteiger partial charge in [0, 0.05) is 54.1 Å². The number of carbonyl (C=O) groups excluding carboxylic acids is 1. The molecule has 0 radical (unpaired) electrons. The van der Waals surface area contributed by atoms with Crippen molar-refractivity contribution in [2.75, 3.05) is 31.1 Å². The van der Waals surface area contributed by atoms with Crippen molar-refractivity contribution in [1.82, 2.24) is 10.3 Å². The standard InChI is InChI=1S/C21H20ClN3OS/c22-18-7-5-17(6-8-18)20(26)16-3-1-15(2-4-16)13-19-14-27-21(24-19)25-11-9-23-10-12-25/h1-8,14,23H,9-13H2. The van der Waals surface area contributed by atoms with Crippen LogP contribution in [0.25, 0.3) is 0 Å². The molecule has 0 spiro atoms. The normalized spacial score (nSPS) is 14.3. The Labute approximate surface area is 167 Å². The predicted octanol–water partition coefficient (Wildman–Crippen LogP) is 4.03. The van der Waals surface area contributed by atoms with Crippen LogP contribution in [0.2, 0.25) is 5.02 Å². The summed E-state index contributed by atoms with van der Waals surface area (Å²) < 4.78 is 0. The molecule has 0 saturated carbocycles. The average molecular weight is 398 g/mol. The zero-order valence-corrected chi connectivity index (χ0v) is 16.4. The van der Waals surface area contributed by atoms with E-state index in [9.17, 15) is 4.79 Å². The Balaban J connectivity index is 1.42. The zero-order valence-electron chi connectivity index (χ0n) is 14.8. The van der Waals surface area contributed by atoms with Gasteiger partial charge in [-0.1, -0.05) is 35.9 Å². The van der Waals surface area contributed by atoms with Crippen LogP contribution in [0, 0.1) is 0 Å². The molecule has 0 aliphatic carbocycles. The van der Waals surface area contributed by atoms with Crippen LogP contribution < -0.4 is 10.2 Å². The van der Waals surface area contributed by atoms with Gasteiger partial charge in [-0.25, -0.2) is 4.98 Å². The first-order valence-electron chi connectivity index (χ1n) is 8.98. The number of anilines is 1. The SMILES string of the molecule is O=C(c1ccc(Cl)cc1)c1ccc(Cc2csc(N3CCNCC3)n2)cc1. The molecular weight excluding hydrogens is 378 g/mol. The van der Waals surface area contributed by atoms with Crippen LogP contribution in [0.5, 0.6) is 0 Å². The number of halogens is 1. The van der Waals surface area contributed by atoms with E-state index in [4.69, 9.17) is 16.6 Å². The van der Waals surface area contributed by atoms with Crippen LogP contribution >= 0.6 is 22.9 Å². The number of nitrogens with zero attached hydrogens (tertiary/aromatic N) is 2. The highest BCUT2D eigenvalue weighted by atomic mass is 35.5. The molecule has 1 aromatic heterocycles. The minimum absolute atomic E-state index is 0.00729. The third kappa shape index (κ3) is 4.38. The Morgan fingerprint density at radius 2 is 1.67 bits per heavy atom. The van der Waals surface area contributed by atoms with Crippen molar-refractivity contribution in [3.63, 3.8) is 0 Å². The van der Waals surface area contributed by atoms with Crippen molar-refractivity contribution in [3.05, 3.63) is 81.3 Å². The van der Waals surface area contributed by atoms with Crippen LogP contribution in [0.3, 0.4) is 0 Å². The van der Waals surface area contributed by atoms with Crippen molar-refractivity contribution in [1.29, 1.82) is 0 Å². The molecule has 0 unspecified atom stereocenters. The van der Waals surface area contributed by atoms with Gasteiger partial charge in [-0.3, -0.25) is 4.79 Å². The van der Waals surface area contributed by atoms with E-state index in [-0.39, 0.29) is 5.78 Å².